The van der Waals surface area contributed by atoms with Crippen LogP contribution in [0.1, 0.15) is 12.5 Å². The molecule has 1 N–H and O–H groups in total. The quantitative estimate of drug-likeness (QED) is 0.905. The van der Waals surface area contributed by atoms with E-state index in [4.69, 9.17) is 0 Å². The molecule has 0 aliphatic carbocycles. The van der Waals surface area contributed by atoms with E-state index in [0.29, 0.717) is 12.1 Å². The zero-order valence-electron chi connectivity index (χ0n) is 10.4. The number of benzene rings is 1. The van der Waals surface area contributed by atoms with Gasteiger partial charge >= 0.3 is 0 Å². The van der Waals surface area contributed by atoms with Crippen molar-refractivity contribution in [3.05, 3.63) is 48.0 Å². The van der Waals surface area contributed by atoms with Gasteiger partial charge in [-0.3, -0.25) is 4.68 Å². The van der Waals surface area contributed by atoms with Crippen LogP contribution in [-0.2, 0) is 23.1 Å². The fraction of sp³-hybridized carbons (Fsp3) is 0.250. The molecule has 0 unspecified atom stereocenters. The second-order valence-electron chi connectivity index (χ2n) is 3.95. The monoisotopic (exact) mass is 283 g/mol. The maximum absolute atomic E-state index is 13.4. The van der Waals surface area contributed by atoms with Crippen molar-refractivity contribution in [3.8, 4) is 0 Å². The van der Waals surface area contributed by atoms with Gasteiger partial charge in [-0.2, -0.15) is 5.10 Å². The fourth-order valence-electron chi connectivity index (χ4n) is 1.55. The summed E-state index contributed by atoms with van der Waals surface area (Å²) in [6.07, 6.45) is 2.71. The van der Waals surface area contributed by atoms with Crippen LogP contribution in [0, 0.1) is 5.82 Å². The molecule has 19 heavy (non-hydrogen) atoms. The fourth-order valence-corrected chi connectivity index (χ4v) is 2.51. The highest BCUT2D eigenvalue weighted by Gasteiger charge is 2.16. The van der Waals surface area contributed by atoms with Crippen LogP contribution < -0.4 is 4.72 Å². The molecule has 0 aliphatic rings. The van der Waals surface area contributed by atoms with Gasteiger partial charge in [0, 0.05) is 24.8 Å². The Kier molecular flexibility index (Phi) is 3.96. The molecule has 0 aliphatic heterocycles. The summed E-state index contributed by atoms with van der Waals surface area (Å²) in [5.74, 6) is -0.436. The van der Waals surface area contributed by atoms with Crippen molar-refractivity contribution in [2.24, 2.45) is 0 Å². The lowest BCUT2D eigenvalue weighted by atomic mass is 10.2. The van der Waals surface area contributed by atoms with E-state index in [9.17, 15) is 12.8 Å². The summed E-state index contributed by atoms with van der Waals surface area (Å²) in [5, 5.41) is 3.90. The van der Waals surface area contributed by atoms with Gasteiger partial charge in [-0.1, -0.05) is 18.2 Å². The lowest BCUT2D eigenvalue weighted by molar-refractivity contribution is 0.574. The van der Waals surface area contributed by atoms with E-state index in [1.165, 1.54) is 29.2 Å². The van der Waals surface area contributed by atoms with Crippen LogP contribution in [0.4, 0.5) is 4.39 Å². The molecule has 7 heteroatoms. The smallest absolute Gasteiger partial charge is 0.243 e. The number of hydrogen-bond acceptors (Lipinski definition) is 3. The van der Waals surface area contributed by atoms with E-state index in [-0.39, 0.29) is 11.4 Å². The van der Waals surface area contributed by atoms with Crippen molar-refractivity contribution >= 4 is 10.0 Å². The molecule has 102 valence electrons. The normalized spacial score (nSPS) is 11.7. The molecule has 2 rings (SSSR count). The highest BCUT2D eigenvalue weighted by Crippen LogP contribution is 2.10. The average Bonchev–Trinajstić information content (AvgIpc) is 2.87. The van der Waals surface area contributed by atoms with Crippen molar-refractivity contribution in [2.75, 3.05) is 0 Å². The third-order valence-corrected chi connectivity index (χ3v) is 4.01. The van der Waals surface area contributed by atoms with Crippen LogP contribution in [0.25, 0.3) is 0 Å². The molecule has 0 spiro atoms. The minimum absolute atomic E-state index is 0.0747. The van der Waals surface area contributed by atoms with Gasteiger partial charge in [0.25, 0.3) is 0 Å². The Morgan fingerprint density at radius 3 is 2.74 bits per heavy atom. The van der Waals surface area contributed by atoms with Crippen molar-refractivity contribution in [2.45, 2.75) is 24.9 Å². The molecule has 0 amide bonds. The molecular weight excluding hydrogens is 269 g/mol. The summed E-state index contributed by atoms with van der Waals surface area (Å²) in [6, 6.07) is 6.03. The number of aryl methyl sites for hydroxylation is 1. The van der Waals surface area contributed by atoms with E-state index in [0.717, 1.165) is 0 Å². The number of nitrogens with one attached hydrogen (secondary N) is 1. The Bertz CT molecular complexity index is 667. The summed E-state index contributed by atoms with van der Waals surface area (Å²) in [6.45, 7) is 2.35. The topological polar surface area (TPSA) is 64.0 Å². The highest BCUT2D eigenvalue weighted by atomic mass is 32.2. The van der Waals surface area contributed by atoms with Crippen molar-refractivity contribution in [1.29, 1.82) is 0 Å². The Balaban J connectivity index is 2.12. The number of halogens is 1. The lowest BCUT2D eigenvalue weighted by Gasteiger charge is -2.05. The van der Waals surface area contributed by atoms with Gasteiger partial charge in [-0.05, 0) is 13.0 Å². The van der Waals surface area contributed by atoms with Crippen LogP contribution in [0.5, 0.6) is 0 Å². The summed E-state index contributed by atoms with van der Waals surface area (Å²) < 4.78 is 41.2. The number of hydrogen-bond donors (Lipinski definition) is 1. The Hall–Kier alpha value is -1.73. The third kappa shape index (κ3) is 3.18. The zero-order valence-corrected chi connectivity index (χ0v) is 11.2. The number of rotatable bonds is 5. The molecule has 1 aromatic heterocycles. The van der Waals surface area contributed by atoms with Crippen LogP contribution in [0.15, 0.2) is 41.6 Å². The summed E-state index contributed by atoms with van der Waals surface area (Å²) >= 11 is 0. The summed E-state index contributed by atoms with van der Waals surface area (Å²) in [4.78, 5) is 0.0747. The number of aromatic nitrogens is 2. The van der Waals surface area contributed by atoms with Gasteiger partial charge in [-0.25, -0.2) is 17.5 Å². The highest BCUT2D eigenvalue weighted by molar-refractivity contribution is 7.89. The largest absolute Gasteiger partial charge is 0.272 e. The Labute approximate surface area is 111 Å². The van der Waals surface area contributed by atoms with Gasteiger partial charge in [-0.15, -0.1) is 0 Å². The minimum atomic E-state index is -3.66. The number of nitrogens with zero attached hydrogens (tertiary/aromatic N) is 2. The van der Waals surface area contributed by atoms with Gasteiger partial charge in [0.2, 0.25) is 10.0 Å². The van der Waals surface area contributed by atoms with Gasteiger partial charge in [0.15, 0.2) is 0 Å². The molecule has 1 heterocycles. The van der Waals surface area contributed by atoms with E-state index in [2.05, 4.69) is 9.82 Å². The molecule has 2 aromatic rings. The van der Waals surface area contributed by atoms with Crippen molar-refractivity contribution < 1.29 is 12.8 Å². The second-order valence-corrected chi connectivity index (χ2v) is 5.71. The molecular formula is C12H14FN3O2S. The zero-order chi connectivity index (χ0) is 13.9. The molecule has 0 saturated heterocycles. The second kappa shape index (κ2) is 5.50. The molecule has 0 radical (unpaired) electrons. The summed E-state index contributed by atoms with van der Waals surface area (Å²) in [5.41, 5.74) is 0.300. The van der Waals surface area contributed by atoms with Crippen LogP contribution in [0.2, 0.25) is 0 Å². The first-order chi connectivity index (χ1) is 9.03. The predicted molar refractivity (Wildman–Crippen MR) is 68.3 cm³/mol. The van der Waals surface area contributed by atoms with Crippen LogP contribution in [0.3, 0.4) is 0 Å². The standard InChI is InChI=1S/C12H14FN3O2S/c1-2-16-9-11(8-14-16)19(17,18)15-7-10-5-3-4-6-12(10)13/h3-6,8-9,15H,2,7H2,1H3. The first kappa shape index (κ1) is 13.7. The van der Waals surface area contributed by atoms with Crippen molar-refractivity contribution in [1.82, 2.24) is 14.5 Å². The average molecular weight is 283 g/mol. The molecule has 5 nitrogen and oxygen atoms in total. The molecule has 0 bridgehead atoms. The maximum atomic E-state index is 13.4. The van der Waals surface area contributed by atoms with Crippen LogP contribution in [-0.4, -0.2) is 18.2 Å². The minimum Gasteiger partial charge on any atom is -0.272 e. The van der Waals surface area contributed by atoms with E-state index in [1.54, 1.807) is 12.1 Å². The third-order valence-electron chi connectivity index (χ3n) is 2.65. The molecule has 0 atom stereocenters. The number of sulfonamides is 1. The van der Waals surface area contributed by atoms with E-state index >= 15 is 0 Å². The maximum Gasteiger partial charge on any atom is 0.243 e. The molecule has 1 aromatic carbocycles. The van der Waals surface area contributed by atoms with Crippen LogP contribution >= 0.6 is 0 Å². The Morgan fingerprint density at radius 1 is 1.37 bits per heavy atom. The summed E-state index contributed by atoms with van der Waals surface area (Å²) in [7, 11) is -3.66. The Morgan fingerprint density at radius 2 is 2.11 bits per heavy atom. The van der Waals surface area contributed by atoms with Gasteiger partial charge in [0.05, 0.1) is 6.20 Å². The van der Waals surface area contributed by atoms with Gasteiger partial charge < -0.3 is 0 Å². The van der Waals surface area contributed by atoms with Crippen molar-refractivity contribution in [3.63, 3.8) is 0 Å². The first-order valence-corrected chi connectivity index (χ1v) is 7.27. The van der Waals surface area contributed by atoms with E-state index in [1.807, 2.05) is 6.92 Å². The first-order valence-electron chi connectivity index (χ1n) is 5.78. The predicted octanol–water partition coefficient (Wildman–Crippen LogP) is 1.52. The van der Waals surface area contributed by atoms with E-state index < -0.39 is 15.8 Å². The SMILES string of the molecule is CCn1cc(S(=O)(=O)NCc2ccccc2F)cn1. The lowest BCUT2D eigenvalue weighted by Crippen LogP contribution is -2.23. The molecule has 0 saturated carbocycles. The van der Waals surface area contributed by atoms with Gasteiger partial charge in [0.1, 0.15) is 10.7 Å². The molecule has 0 fully saturated rings.